The van der Waals surface area contributed by atoms with Crippen LogP contribution in [0.3, 0.4) is 0 Å². The Morgan fingerprint density at radius 1 is 1.37 bits per heavy atom. The zero-order valence-electron chi connectivity index (χ0n) is 11.5. The number of nitrogens with zero attached hydrogens (tertiary/aromatic N) is 1. The van der Waals surface area contributed by atoms with Gasteiger partial charge in [0.25, 0.3) is 0 Å². The van der Waals surface area contributed by atoms with Gasteiger partial charge in [0.05, 0.1) is 6.04 Å². The van der Waals surface area contributed by atoms with Crippen molar-refractivity contribution in [3.05, 3.63) is 0 Å². The molecule has 114 valence electrons. The first-order chi connectivity index (χ1) is 8.81. The lowest BCUT2D eigenvalue weighted by atomic mass is 10.1. The molecule has 0 saturated heterocycles. The lowest BCUT2D eigenvalue weighted by Gasteiger charge is -2.26. The molecule has 0 aromatic heterocycles. The van der Waals surface area contributed by atoms with Crippen LogP contribution in [-0.4, -0.2) is 49.3 Å². The number of alkyl halides is 3. The summed E-state index contributed by atoms with van der Waals surface area (Å²) in [5, 5.41) is 0. The first-order valence-electron chi connectivity index (χ1n) is 6.50. The molecule has 1 atom stereocenters. The van der Waals surface area contributed by atoms with Crippen LogP contribution in [0.5, 0.6) is 0 Å². The highest BCUT2D eigenvalue weighted by Gasteiger charge is 2.34. The molecule has 7 heteroatoms. The summed E-state index contributed by atoms with van der Waals surface area (Å²) in [7, 11) is 0. The second-order valence-electron chi connectivity index (χ2n) is 4.32. The molecule has 0 aromatic rings. The Morgan fingerprint density at radius 3 is 2.47 bits per heavy atom. The highest BCUT2D eigenvalue weighted by molar-refractivity contribution is 5.81. The van der Waals surface area contributed by atoms with Crippen LogP contribution in [0.2, 0.25) is 0 Å². The summed E-state index contributed by atoms with van der Waals surface area (Å²) >= 11 is 0. The van der Waals surface area contributed by atoms with Crippen LogP contribution in [0.4, 0.5) is 13.2 Å². The van der Waals surface area contributed by atoms with Crippen molar-refractivity contribution in [3.8, 4) is 0 Å². The summed E-state index contributed by atoms with van der Waals surface area (Å²) in [6.07, 6.45) is -2.99. The second kappa shape index (κ2) is 9.14. The van der Waals surface area contributed by atoms with Crippen molar-refractivity contribution in [2.75, 3.05) is 26.3 Å². The molecule has 1 unspecified atom stereocenters. The highest BCUT2D eigenvalue weighted by Crippen LogP contribution is 2.17. The predicted octanol–water partition coefficient (Wildman–Crippen LogP) is 1.93. The maximum atomic E-state index is 12.4. The molecule has 0 saturated carbocycles. The molecule has 0 aromatic carbocycles. The van der Waals surface area contributed by atoms with Crippen molar-refractivity contribution in [1.82, 2.24) is 4.90 Å². The zero-order chi connectivity index (χ0) is 14.9. The number of nitrogens with two attached hydrogens (primary N) is 1. The Bertz CT molecular complexity index is 260. The van der Waals surface area contributed by atoms with Crippen molar-refractivity contribution in [1.29, 1.82) is 0 Å². The Balaban J connectivity index is 4.43. The fourth-order valence-corrected chi connectivity index (χ4v) is 1.65. The number of rotatable bonds is 9. The molecule has 0 spiro atoms. The molecule has 0 radical (unpaired) electrons. The van der Waals surface area contributed by atoms with Gasteiger partial charge in [-0.3, -0.25) is 4.79 Å². The maximum Gasteiger partial charge on any atom is 0.406 e. The molecule has 0 aliphatic heterocycles. The highest BCUT2D eigenvalue weighted by atomic mass is 19.4. The number of hydrogen-bond donors (Lipinski definition) is 1. The molecule has 0 aliphatic carbocycles. The quantitative estimate of drug-likeness (QED) is 0.658. The van der Waals surface area contributed by atoms with Crippen molar-refractivity contribution in [3.63, 3.8) is 0 Å². The van der Waals surface area contributed by atoms with Gasteiger partial charge in [-0.2, -0.15) is 13.2 Å². The van der Waals surface area contributed by atoms with Gasteiger partial charge in [-0.25, -0.2) is 0 Å². The minimum absolute atomic E-state index is 0.00968. The number of carbonyl (C=O) groups is 1. The third kappa shape index (κ3) is 8.83. The van der Waals surface area contributed by atoms with Crippen LogP contribution in [0, 0.1) is 0 Å². The number of carbonyl (C=O) groups excluding carboxylic acids is 1. The monoisotopic (exact) mass is 284 g/mol. The Hall–Kier alpha value is -0.820. The summed E-state index contributed by atoms with van der Waals surface area (Å²) in [6, 6.07) is -0.862. The summed E-state index contributed by atoms with van der Waals surface area (Å²) in [6.45, 7) is 3.22. The SMILES string of the molecule is CCCC(N)C(=O)N(CCCOCC)CC(F)(F)F. The van der Waals surface area contributed by atoms with Crippen LogP contribution >= 0.6 is 0 Å². The topological polar surface area (TPSA) is 55.6 Å². The van der Waals surface area contributed by atoms with Gasteiger partial charge in [0.2, 0.25) is 5.91 Å². The molecule has 0 bridgehead atoms. The van der Waals surface area contributed by atoms with Gasteiger partial charge in [0.1, 0.15) is 6.54 Å². The van der Waals surface area contributed by atoms with Gasteiger partial charge >= 0.3 is 6.18 Å². The Morgan fingerprint density at radius 2 is 2.00 bits per heavy atom. The van der Waals surface area contributed by atoms with Crippen LogP contribution in [0.15, 0.2) is 0 Å². The van der Waals surface area contributed by atoms with E-state index in [1.807, 2.05) is 6.92 Å². The molecular weight excluding hydrogens is 261 g/mol. The molecule has 0 aliphatic rings. The fourth-order valence-electron chi connectivity index (χ4n) is 1.65. The molecule has 4 nitrogen and oxygen atoms in total. The molecule has 0 rings (SSSR count). The smallest absolute Gasteiger partial charge is 0.382 e. The van der Waals surface area contributed by atoms with Crippen molar-refractivity contribution >= 4 is 5.91 Å². The van der Waals surface area contributed by atoms with E-state index in [0.717, 1.165) is 4.90 Å². The third-order valence-electron chi connectivity index (χ3n) is 2.52. The average Bonchev–Trinajstić information content (AvgIpc) is 2.31. The second-order valence-corrected chi connectivity index (χ2v) is 4.32. The Kier molecular flexibility index (Phi) is 8.75. The fraction of sp³-hybridized carbons (Fsp3) is 0.917. The average molecular weight is 284 g/mol. The van der Waals surface area contributed by atoms with Gasteiger partial charge in [-0.1, -0.05) is 13.3 Å². The summed E-state index contributed by atoms with van der Waals surface area (Å²) in [5.41, 5.74) is 5.59. The number of amides is 1. The van der Waals surface area contributed by atoms with E-state index in [2.05, 4.69) is 0 Å². The predicted molar refractivity (Wildman–Crippen MR) is 66.6 cm³/mol. The van der Waals surface area contributed by atoms with Crippen molar-refractivity contribution in [2.45, 2.75) is 45.3 Å². The molecule has 2 N–H and O–H groups in total. The van der Waals surface area contributed by atoms with Gasteiger partial charge in [0.15, 0.2) is 0 Å². The largest absolute Gasteiger partial charge is 0.406 e. The minimum atomic E-state index is -4.41. The van der Waals surface area contributed by atoms with E-state index in [4.69, 9.17) is 10.5 Å². The van der Waals surface area contributed by atoms with E-state index in [1.54, 1.807) is 6.92 Å². The lowest BCUT2D eigenvalue weighted by molar-refractivity contribution is -0.162. The summed E-state index contributed by atoms with van der Waals surface area (Å²) in [5.74, 6) is -0.643. The van der Waals surface area contributed by atoms with Crippen LogP contribution < -0.4 is 5.73 Å². The first-order valence-corrected chi connectivity index (χ1v) is 6.50. The summed E-state index contributed by atoms with van der Waals surface area (Å²) < 4.78 is 42.3. The molecular formula is C12H23F3N2O2. The third-order valence-corrected chi connectivity index (χ3v) is 2.52. The zero-order valence-corrected chi connectivity index (χ0v) is 11.5. The van der Waals surface area contributed by atoms with Gasteiger partial charge in [0, 0.05) is 19.8 Å². The van der Waals surface area contributed by atoms with Crippen LogP contribution in [0.1, 0.15) is 33.1 Å². The maximum absolute atomic E-state index is 12.4. The molecule has 1 amide bonds. The van der Waals surface area contributed by atoms with E-state index < -0.39 is 24.7 Å². The molecule has 0 fully saturated rings. The molecule has 19 heavy (non-hydrogen) atoms. The van der Waals surface area contributed by atoms with E-state index in [0.29, 0.717) is 32.5 Å². The van der Waals surface area contributed by atoms with E-state index in [-0.39, 0.29) is 6.54 Å². The van der Waals surface area contributed by atoms with Crippen molar-refractivity contribution < 1.29 is 22.7 Å². The van der Waals surface area contributed by atoms with E-state index in [9.17, 15) is 18.0 Å². The Labute approximate surface area is 112 Å². The van der Waals surface area contributed by atoms with Gasteiger partial charge < -0.3 is 15.4 Å². The number of halogens is 3. The van der Waals surface area contributed by atoms with Crippen LogP contribution in [0.25, 0.3) is 0 Å². The summed E-state index contributed by atoms with van der Waals surface area (Å²) in [4.78, 5) is 12.6. The standard InChI is InChI=1S/C12H23F3N2O2/c1-3-6-10(16)11(18)17(9-12(13,14)15)7-5-8-19-4-2/h10H,3-9,16H2,1-2H3. The normalized spacial score (nSPS) is 13.4. The van der Waals surface area contributed by atoms with E-state index in [1.165, 1.54) is 0 Å². The first kappa shape index (κ1) is 18.2. The van der Waals surface area contributed by atoms with Gasteiger partial charge in [-0.15, -0.1) is 0 Å². The van der Waals surface area contributed by atoms with Gasteiger partial charge in [-0.05, 0) is 19.8 Å². The minimum Gasteiger partial charge on any atom is -0.382 e. The van der Waals surface area contributed by atoms with E-state index >= 15 is 0 Å². The van der Waals surface area contributed by atoms with Crippen LogP contribution in [-0.2, 0) is 9.53 Å². The number of hydrogen-bond acceptors (Lipinski definition) is 3. The molecule has 0 heterocycles. The lowest BCUT2D eigenvalue weighted by Crippen LogP contribution is -2.48. The number of ether oxygens (including phenoxy) is 1. The van der Waals surface area contributed by atoms with Crippen molar-refractivity contribution in [2.24, 2.45) is 5.73 Å².